The van der Waals surface area contributed by atoms with E-state index in [2.05, 4.69) is 10.2 Å². The largest absolute Gasteiger partial charge is 0.467 e. The summed E-state index contributed by atoms with van der Waals surface area (Å²) in [5.74, 6) is 6.67. The molecule has 1 unspecified atom stereocenters. The highest BCUT2D eigenvalue weighted by Gasteiger charge is 2.44. The monoisotopic (exact) mass is 286 g/mol. The maximum atomic E-state index is 11.9. The number of nitrogen functional groups attached to an aromatic ring is 1. The van der Waals surface area contributed by atoms with Crippen LogP contribution in [0.25, 0.3) is 0 Å². The van der Waals surface area contributed by atoms with Gasteiger partial charge in [-0.15, -0.1) is 10.2 Å². The number of ether oxygens (including phenoxy) is 2. The zero-order valence-electron chi connectivity index (χ0n) is 11.1. The first-order chi connectivity index (χ1) is 9.13. The van der Waals surface area contributed by atoms with Crippen molar-refractivity contribution in [2.45, 2.75) is 36.9 Å². The molecule has 0 amide bonds. The minimum Gasteiger partial charge on any atom is -0.467 e. The molecular formula is C11H18N4O3S. The average molecular weight is 286 g/mol. The Morgan fingerprint density at radius 3 is 2.95 bits per heavy atom. The molecular weight excluding hydrogens is 268 g/mol. The molecule has 0 radical (unpaired) electrons. The number of carbonyl (C=O) groups excluding carboxylic acids is 1. The third-order valence-corrected chi connectivity index (χ3v) is 4.29. The number of methoxy groups -OCH3 is 1. The van der Waals surface area contributed by atoms with Gasteiger partial charge in [-0.3, -0.25) is 0 Å². The molecule has 0 bridgehead atoms. The number of nitrogens with two attached hydrogens (primary N) is 1. The summed E-state index contributed by atoms with van der Waals surface area (Å²) >= 11 is 1.36. The normalized spacial score (nSPS) is 22.6. The van der Waals surface area contributed by atoms with Crippen molar-refractivity contribution in [3.8, 4) is 0 Å². The summed E-state index contributed by atoms with van der Waals surface area (Å²) in [6.07, 6.45) is 2.22. The van der Waals surface area contributed by atoms with E-state index in [4.69, 9.17) is 15.3 Å². The third kappa shape index (κ3) is 2.69. The molecule has 0 spiro atoms. The number of esters is 1. The molecule has 1 aliphatic rings. The van der Waals surface area contributed by atoms with Gasteiger partial charge in [-0.1, -0.05) is 18.7 Å². The van der Waals surface area contributed by atoms with E-state index in [1.807, 2.05) is 6.92 Å². The van der Waals surface area contributed by atoms with Gasteiger partial charge in [0.1, 0.15) is 0 Å². The highest BCUT2D eigenvalue weighted by atomic mass is 32.2. The second-order valence-electron chi connectivity index (χ2n) is 4.35. The number of hydrogen-bond donors (Lipinski definition) is 1. The summed E-state index contributed by atoms with van der Waals surface area (Å²) in [6, 6.07) is 0. The van der Waals surface area contributed by atoms with Gasteiger partial charge in [0.25, 0.3) is 0 Å². The van der Waals surface area contributed by atoms with Crippen molar-refractivity contribution in [1.82, 2.24) is 14.9 Å². The SMILES string of the molecule is CCc1nnc(SCC2(C(=O)OC)CCCO2)n1N. The van der Waals surface area contributed by atoms with Gasteiger partial charge in [-0.05, 0) is 12.8 Å². The van der Waals surface area contributed by atoms with Crippen molar-refractivity contribution < 1.29 is 14.3 Å². The van der Waals surface area contributed by atoms with Crippen molar-refractivity contribution >= 4 is 17.7 Å². The van der Waals surface area contributed by atoms with Crippen LogP contribution in [0, 0.1) is 0 Å². The number of rotatable bonds is 5. The highest BCUT2D eigenvalue weighted by Crippen LogP contribution is 2.32. The fraction of sp³-hybridized carbons (Fsp3) is 0.727. The van der Waals surface area contributed by atoms with Gasteiger partial charge in [0.15, 0.2) is 11.4 Å². The Bertz CT molecular complexity index is 457. The van der Waals surface area contributed by atoms with E-state index in [1.165, 1.54) is 23.5 Å². The molecule has 2 heterocycles. The molecule has 1 saturated heterocycles. The quantitative estimate of drug-likeness (QED) is 0.475. The van der Waals surface area contributed by atoms with Crippen molar-refractivity contribution in [3.05, 3.63) is 5.82 Å². The Labute approximate surface area is 115 Å². The van der Waals surface area contributed by atoms with Crippen molar-refractivity contribution in [2.24, 2.45) is 0 Å². The molecule has 1 aliphatic heterocycles. The first-order valence-electron chi connectivity index (χ1n) is 6.17. The Kier molecular flexibility index (Phi) is 4.31. The second kappa shape index (κ2) is 5.79. The first kappa shape index (κ1) is 14.1. The number of aryl methyl sites for hydroxylation is 1. The van der Waals surface area contributed by atoms with E-state index in [0.29, 0.717) is 36.2 Å². The molecule has 2 N–H and O–H groups in total. The first-order valence-corrected chi connectivity index (χ1v) is 7.16. The Hall–Kier alpha value is -1.28. The maximum Gasteiger partial charge on any atom is 0.339 e. The van der Waals surface area contributed by atoms with E-state index in [1.54, 1.807) is 0 Å². The summed E-state index contributed by atoms with van der Waals surface area (Å²) in [5.41, 5.74) is -0.877. The second-order valence-corrected chi connectivity index (χ2v) is 5.29. The predicted molar refractivity (Wildman–Crippen MR) is 70.2 cm³/mol. The Morgan fingerprint density at radius 1 is 1.63 bits per heavy atom. The zero-order chi connectivity index (χ0) is 13.9. The number of hydrogen-bond acceptors (Lipinski definition) is 7. The summed E-state index contributed by atoms with van der Waals surface area (Å²) < 4.78 is 11.9. The summed E-state index contributed by atoms with van der Waals surface area (Å²) in [7, 11) is 1.37. The van der Waals surface area contributed by atoms with Gasteiger partial charge in [0.2, 0.25) is 5.16 Å². The standard InChI is InChI=1S/C11H18N4O3S/c1-3-8-13-14-10(15(8)12)19-7-11(9(16)17-2)5-4-6-18-11/h3-7,12H2,1-2H3. The Balaban J connectivity index is 2.07. The van der Waals surface area contributed by atoms with Gasteiger partial charge in [-0.25, -0.2) is 9.47 Å². The van der Waals surface area contributed by atoms with Crippen molar-refractivity contribution in [3.63, 3.8) is 0 Å². The molecule has 1 aromatic heterocycles. The van der Waals surface area contributed by atoms with Gasteiger partial charge < -0.3 is 15.3 Å². The number of thioether (sulfide) groups is 1. The molecule has 0 aromatic carbocycles. The van der Waals surface area contributed by atoms with Crippen LogP contribution >= 0.6 is 11.8 Å². The van der Waals surface area contributed by atoms with Gasteiger partial charge in [0.05, 0.1) is 7.11 Å². The minimum atomic E-state index is -0.877. The third-order valence-electron chi connectivity index (χ3n) is 3.15. The van der Waals surface area contributed by atoms with Crippen LogP contribution in [-0.2, 0) is 20.7 Å². The molecule has 8 heteroatoms. The fourth-order valence-electron chi connectivity index (χ4n) is 2.05. The van der Waals surface area contributed by atoms with E-state index in [-0.39, 0.29) is 5.97 Å². The predicted octanol–water partition coefficient (Wildman–Crippen LogP) is 0.369. The minimum absolute atomic E-state index is 0.337. The van der Waals surface area contributed by atoms with Crippen LogP contribution < -0.4 is 5.84 Å². The number of carbonyl (C=O) groups is 1. The number of nitrogens with zero attached hydrogens (tertiary/aromatic N) is 3. The maximum absolute atomic E-state index is 11.9. The van der Waals surface area contributed by atoms with Crippen molar-refractivity contribution in [1.29, 1.82) is 0 Å². The molecule has 0 saturated carbocycles. The molecule has 1 fully saturated rings. The lowest BCUT2D eigenvalue weighted by Crippen LogP contribution is -2.41. The Morgan fingerprint density at radius 2 is 2.42 bits per heavy atom. The lowest BCUT2D eigenvalue weighted by molar-refractivity contribution is -0.161. The van der Waals surface area contributed by atoms with Crippen LogP contribution in [0.15, 0.2) is 5.16 Å². The van der Waals surface area contributed by atoms with Gasteiger partial charge >= 0.3 is 5.97 Å². The molecule has 19 heavy (non-hydrogen) atoms. The van der Waals surface area contributed by atoms with Gasteiger partial charge in [-0.2, -0.15) is 0 Å². The lowest BCUT2D eigenvalue weighted by atomic mass is 10.0. The molecule has 1 aromatic rings. The number of aromatic nitrogens is 3. The van der Waals surface area contributed by atoms with E-state index in [9.17, 15) is 4.79 Å². The molecule has 1 atom stereocenters. The van der Waals surface area contributed by atoms with Crippen LogP contribution in [0.3, 0.4) is 0 Å². The average Bonchev–Trinajstić information content (AvgIpc) is 3.03. The van der Waals surface area contributed by atoms with E-state index < -0.39 is 5.60 Å². The van der Waals surface area contributed by atoms with Gasteiger partial charge in [0, 0.05) is 18.8 Å². The van der Waals surface area contributed by atoms with Crippen LogP contribution in [0.5, 0.6) is 0 Å². The summed E-state index contributed by atoms with van der Waals surface area (Å²) in [5, 5.41) is 8.56. The van der Waals surface area contributed by atoms with Crippen LogP contribution in [0.2, 0.25) is 0 Å². The summed E-state index contributed by atoms with van der Waals surface area (Å²) in [4.78, 5) is 11.9. The van der Waals surface area contributed by atoms with E-state index in [0.717, 1.165) is 6.42 Å². The van der Waals surface area contributed by atoms with E-state index >= 15 is 0 Å². The zero-order valence-corrected chi connectivity index (χ0v) is 11.9. The molecule has 2 rings (SSSR count). The fourth-order valence-corrected chi connectivity index (χ4v) is 3.10. The van der Waals surface area contributed by atoms with Crippen LogP contribution in [-0.4, -0.2) is 45.9 Å². The topological polar surface area (TPSA) is 92.3 Å². The highest BCUT2D eigenvalue weighted by molar-refractivity contribution is 7.99. The summed E-state index contributed by atoms with van der Waals surface area (Å²) in [6.45, 7) is 2.53. The lowest BCUT2D eigenvalue weighted by Gasteiger charge is -2.24. The van der Waals surface area contributed by atoms with Crippen LogP contribution in [0.4, 0.5) is 0 Å². The molecule has 0 aliphatic carbocycles. The van der Waals surface area contributed by atoms with Crippen molar-refractivity contribution in [2.75, 3.05) is 25.3 Å². The smallest absolute Gasteiger partial charge is 0.339 e. The van der Waals surface area contributed by atoms with Crippen LogP contribution in [0.1, 0.15) is 25.6 Å². The molecule has 106 valence electrons. The molecule has 7 nitrogen and oxygen atoms in total.